The smallest absolute Gasteiger partial charge is 0.276 e. The molecule has 3 rings (SSSR count). The van der Waals surface area contributed by atoms with Crippen molar-refractivity contribution in [1.82, 2.24) is 5.32 Å². The summed E-state index contributed by atoms with van der Waals surface area (Å²) in [5.41, 5.74) is 6.32. The van der Waals surface area contributed by atoms with Gasteiger partial charge in [-0.2, -0.15) is 0 Å². The van der Waals surface area contributed by atoms with Gasteiger partial charge < -0.3 is 21.1 Å². The van der Waals surface area contributed by atoms with Crippen molar-refractivity contribution in [3.05, 3.63) is 41.4 Å². The first-order chi connectivity index (χ1) is 12.0. The number of anilines is 1. The van der Waals surface area contributed by atoms with Crippen LogP contribution in [0.3, 0.4) is 0 Å². The fourth-order valence-electron chi connectivity index (χ4n) is 2.94. The number of allylic oxidation sites excluding steroid dienone is 1. The van der Waals surface area contributed by atoms with Gasteiger partial charge in [0.15, 0.2) is 11.5 Å². The normalized spacial score (nSPS) is 25.1. The maximum Gasteiger partial charge on any atom is 0.276 e. The second-order valence-corrected chi connectivity index (χ2v) is 6.42. The van der Waals surface area contributed by atoms with Crippen LogP contribution in [0.5, 0.6) is 0 Å². The van der Waals surface area contributed by atoms with E-state index in [0.717, 1.165) is 24.9 Å². The monoisotopic (exact) mass is 346 g/mol. The molecule has 1 aromatic carbocycles. The fraction of sp³-hybridized carbons (Fsp3) is 0.444. The molecule has 1 amide bonds. The summed E-state index contributed by atoms with van der Waals surface area (Å²) < 4.78 is 19.7. The summed E-state index contributed by atoms with van der Waals surface area (Å²) in [5, 5.41) is 13.5. The summed E-state index contributed by atoms with van der Waals surface area (Å²) in [5.74, 6) is -1.77. The summed E-state index contributed by atoms with van der Waals surface area (Å²) in [7, 11) is 0. The molecule has 0 saturated carbocycles. The number of hydrogen-bond acceptors (Lipinski definition) is 5. The second-order valence-electron chi connectivity index (χ2n) is 6.42. The molecule has 2 aliphatic rings. The van der Waals surface area contributed by atoms with E-state index in [2.05, 4.69) is 10.6 Å². The second kappa shape index (κ2) is 7.33. The minimum atomic E-state index is -0.951. The van der Waals surface area contributed by atoms with Crippen molar-refractivity contribution in [1.29, 1.82) is 5.41 Å². The van der Waals surface area contributed by atoms with Crippen LogP contribution in [0, 0.1) is 5.41 Å². The standard InChI is InChI=1S/C18H23FN4O2/c1-2-3-4-12(20)14(19)15(21)18(24)23-11-7-5-10(6-8-11)17-16-13(25-17)9-22-16/h5-8,13,16-17,21-22H,2-4,9,20H2,1H3,(H,23,24)/t13?,16-,17+/m1/s1. The van der Waals surface area contributed by atoms with Gasteiger partial charge in [-0.05, 0) is 30.5 Å². The zero-order valence-electron chi connectivity index (χ0n) is 14.1. The highest BCUT2D eigenvalue weighted by Gasteiger charge is 2.49. The van der Waals surface area contributed by atoms with E-state index < -0.39 is 17.4 Å². The summed E-state index contributed by atoms with van der Waals surface area (Å²) in [6.07, 6.45) is 2.28. The van der Waals surface area contributed by atoms with Gasteiger partial charge in [-0.1, -0.05) is 25.5 Å². The molecule has 2 saturated heterocycles. The number of morpholine rings is 1. The summed E-state index contributed by atoms with van der Waals surface area (Å²) >= 11 is 0. The lowest BCUT2D eigenvalue weighted by Gasteiger charge is -2.53. The van der Waals surface area contributed by atoms with Crippen molar-refractivity contribution < 1.29 is 13.9 Å². The van der Waals surface area contributed by atoms with E-state index >= 15 is 0 Å². The Hall–Kier alpha value is -2.25. The predicted molar refractivity (Wildman–Crippen MR) is 94.0 cm³/mol. The third-order valence-electron chi connectivity index (χ3n) is 4.63. The van der Waals surface area contributed by atoms with Gasteiger partial charge in [-0.25, -0.2) is 4.39 Å². The van der Waals surface area contributed by atoms with Gasteiger partial charge in [0, 0.05) is 17.9 Å². The van der Waals surface area contributed by atoms with Crippen molar-refractivity contribution in [3.8, 4) is 0 Å². The lowest BCUT2D eigenvalue weighted by atomic mass is 9.86. The number of amides is 1. The molecular weight excluding hydrogens is 323 g/mol. The van der Waals surface area contributed by atoms with Gasteiger partial charge in [0.2, 0.25) is 0 Å². The molecule has 6 nitrogen and oxygen atoms in total. The first-order valence-corrected chi connectivity index (χ1v) is 8.54. The highest BCUT2D eigenvalue weighted by molar-refractivity contribution is 6.47. The van der Waals surface area contributed by atoms with Gasteiger partial charge >= 0.3 is 0 Å². The number of fused-ring (bicyclic) bond motifs is 1. The molecular formula is C18H23FN4O2. The van der Waals surface area contributed by atoms with Crippen LogP contribution in [0.25, 0.3) is 0 Å². The average molecular weight is 346 g/mol. The summed E-state index contributed by atoms with van der Waals surface area (Å²) in [4.78, 5) is 12.0. The van der Waals surface area contributed by atoms with Gasteiger partial charge in [0.1, 0.15) is 6.10 Å². The molecule has 1 unspecified atom stereocenters. The van der Waals surface area contributed by atoms with E-state index in [0.29, 0.717) is 24.3 Å². The molecule has 3 atom stereocenters. The van der Waals surface area contributed by atoms with Gasteiger partial charge in [0.05, 0.1) is 12.1 Å². The number of carbonyl (C=O) groups is 1. The number of unbranched alkanes of at least 4 members (excludes halogenated alkanes) is 1. The number of ether oxygens (including phenoxy) is 1. The number of carbonyl (C=O) groups excluding carboxylic acids is 1. The lowest BCUT2D eigenvalue weighted by Crippen LogP contribution is -2.69. The van der Waals surface area contributed by atoms with Crippen LogP contribution in [0.15, 0.2) is 35.8 Å². The van der Waals surface area contributed by atoms with Crippen molar-refractivity contribution in [2.24, 2.45) is 5.73 Å². The maximum absolute atomic E-state index is 14.0. The third kappa shape index (κ3) is 3.57. The zero-order valence-corrected chi connectivity index (χ0v) is 14.1. The van der Waals surface area contributed by atoms with Crippen LogP contribution >= 0.6 is 0 Å². The Balaban J connectivity index is 1.58. The largest absolute Gasteiger partial charge is 0.400 e. The third-order valence-corrected chi connectivity index (χ3v) is 4.63. The van der Waals surface area contributed by atoms with Crippen molar-refractivity contribution >= 4 is 17.3 Å². The van der Waals surface area contributed by atoms with Crippen molar-refractivity contribution in [2.75, 3.05) is 11.9 Å². The first kappa shape index (κ1) is 17.6. The van der Waals surface area contributed by atoms with Crippen LogP contribution in [0.4, 0.5) is 10.1 Å². The van der Waals surface area contributed by atoms with Crippen LogP contribution in [-0.4, -0.2) is 30.3 Å². The quantitative estimate of drug-likeness (QED) is 0.570. The van der Waals surface area contributed by atoms with E-state index in [-0.39, 0.29) is 11.8 Å². The zero-order chi connectivity index (χ0) is 18.0. The van der Waals surface area contributed by atoms with E-state index in [1.165, 1.54) is 0 Å². The molecule has 0 bridgehead atoms. The van der Waals surface area contributed by atoms with E-state index in [4.69, 9.17) is 15.9 Å². The number of hydrogen-bond donors (Lipinski definition) is 4. The molecule has 0 spiro atoms. The Morgan fingerprint density at radius 1 is 1.44 bits per heavy atom. The molecule has 25 heavy (non-hydrogen) atoms. The predicted octanol–water partition coefficient (Wildman–Crippen LogP) is 2.39. The van der Waals surface area contributed by atoms with Crippen LogP contribution in [-0.2, 0) is 9.53 Å². The van der Waals surface area contributed by atoms with E-state index in [1.807, 2.05) is 19.1 Å². The summed E-state index contributed by atoms with van der Waals surface area (Å²) in [6, 6.07) is 7.54. The van der Waals surface area contributed by atoms with Gasteiger partial charge in [-0.15, -0.1) is 0 Å². The Morgan fingerprint density at radius 2 is 2.16 bits per heavy atom. The number of nitrogens with one attached hydrogen (secondary N) is 3. The van der Waals surface area contributed by atoms with Crippen molar-refractivity contribution in [3.63, 3.8) is 0 Å². The topological polar surface area (TPSA) is 100 Å². The molecule has 7 heteroatoms. The number of nitrogens with two attached hydrogens (primary N) is 1. The molecule has 5 N–H and O–H groups in total. The molecule has 1 aromatic rings. The average Bonchev–Trinajstić information content (AvgIpc) is 2.61. The van der Waals surface area contributed by atoms with Gasteiger partial charge in [-0.3, -0.25) is 10.2 Å². The number of halogens is 1. The molecule has 2 fully saturated rings. The Morgan fingerprint density at radius 3 is 2.68 bits per heavy atom. The van der Waals surface area contributed by atoms with E-state index in [9.17, 15) is 9.18 Å². The molecule has 2 aliphatic heterocycles. The van der Waals surface area contributed by atoms with Crippen LogP contribution < -0.4 is 16.4 Å². The van der Waals surface area contributed by atoms with Crippen LogP contribution in [0.2, 0.25) is 0 Å². The summed E-state index contributed by atoms with van der Waals surface area (Å²) in [6.45, 7) is 2.86. The van der Waals surface area contributed by atoms with Crippen molar-refractivity contribution in [2.45, 2.75) is 44.4 Å². The molecule has 134 valence electrons. The number of rotatable bonds is 7. The minimum Gasteiger partial charge on any atom is -0.400 e. The van der Waals surface area contributed by atoms with Gasteiger partial charge in [0.25, 0.3) is 5.91 Å². The lowest BCUT2D eigenvalue weighted by molar-refractivity contribution is -0.203. The highest BCUT2D eigenvalue weighted by Crippen LogP contribution is 2.39. The fourth-order valence-corrected chi connectivity index (χ4v) is 2.94. The Kier molecular flexibility index (Phi) is 5.15. The Bertz CT molecular complexity index is 702. The Labute approximate surface area is 146 Å². The minimum absolute atomic E-state index is 0.0422. The van der Waals surface area contributed by atoms with E-state index in [1.54, 1.807) is 12.1 Å². The number of benzene rings is 1. The molecule has 2 heterocycles. The SMILES string of the molecule is CCCCC(N)=C(F)C(=N)C(=O)Nc1ccc([C@@H]2OC3CN[C@H]32)cc1. The highest BCUT2D eigenvalue weighted by atomic mass is 19.1. The molecule has 0 radical (unpaired) electrons. The van der Waals surface area contributed by atoms with Crippen LogP contribution in [0.1, 0.15) is 37.9 Å². The first-order valence-electron chi connectivity index (χ1n) is 8.54. The molecule has 0 aromatic heterocycles. The molecule has 0 aliphatic carbocycles. The maximum atomic E-state index is 14.0.